The lowest BCUT2D eigenvalue weighted by Gasteiger charge is -2.22. The molecule has 6 heteroatoms. The van der Waals surface area contributed by atoms with E-state index < -0.39 is 4.92 Å². The standard InChI is InChI=1S/C13H20N4O2/c1-15(2)13(16(3)4)14-10-9-11-5-7-12(8-6-11)17(18)19/h5-8H,9-10H2,1-4H3. The molecule has 0 heterocycles. The minimum Gasteiger partial charge on any atom is -0.349 e. The van der Waals surface area contributed by atoms with Crippen molar-refractivity contribution in [3.63, 3.8) is 0 Å². The Hall–Kier alpha value is -2.11. The Labute approximate surface area is 113 Å². The van der Waals surface area contributed by atoms with Crippen LogP contribution in [0.2, 0.25) is 0 Å². The number of nitrogens with zero attached hydrogens (tertiary/aromatic N) is 4. The summed E-state index contributed by atoms with van der Waals surface area (Å²) in [5, 5.41) is 10.5. The van der Waals surface area contributed by atoms with Crippen LogP contribution in [0.1, 0.15) is 5.56 Å². The zero-order chi connectivity index (χ0) is 14.4. The maximum atomic E-state index is 10.5. The number of benzene rings is 1. The van der Waals surface area contributed by atoms with Gasteiger partial charge in [-0.15, -0.1) is 0 Å². The van der Waals surface area contributed by atoms with Crippen LogP contribution in [0.4, 0.5) is 5.69 Å². The molecule has 0 unspecified atom stereocenters. The quantitative estimate of drug-likeness (QED) is 0.359. The molecule has 0 aliphatic heterocycles. The summed E-state index contributed by atoms with van der Waals surface area (Å²) >= 11 is 0. The molecule has 0 spiro atoms. The van der Waals surface area contributed by atoms with Gasteiger partial charge in [0.2, 0.25) is 0 Å². The van der Waals surface area contributed by atoms with Gasteiger partial charge in [0.05, 0.1) is 4.92 Å². The van der Waals surface area contributed by atoms with Gasteiger partial charge in [-0.3, -0.25) is 15.1 Å². The molecule has 0 aromatic heterocycles. The minimum atomic E-state index is -0.391. The van der Waals surface area contributed by atoms with Crippen LogP contribution in [0.25, 0.3) is 0 Å². The van der Waals surface area contributed by atoms with Gasteiger partial charge in [0.25, 0.3) is 5.69 Å². The van der Waals surface area contributed by atoms with E-state index in [0.29, 0.717) is 6.54 Å². The third-order valence-electron chi connectivity index (χ3n) is 2.60. The smallest absolute Gasteiger partial charge is 0.269 e. The van der Waals surface area contributed by atoms with Crippen LogP contribution in [0.3, 0.4) is 0 Å². The van der Waals surface area contributed by atoms with E-state index in [1.807, 2.05) is 38.0 Å². The van der Waals surface area contributed by atoms with Gasteiger partial charge in [-0.1, -0.05) is 12.1 Å². The first kappa shape index (κ1) is 14.9. The maximum absolute atomic E-state index is 10.5. The first-order chi connectivity index (χ1) is 8.91. The molecule has 0 bridgehead atoms. The summed E-state index contributed by atoms with van der Waals surface area (Å²) in [7, 11) is 7.80. The number of aliphatic imine (C=N–C) groups is 1. The molecule has 19 heavy (non-hydrogen) atoms. The Morgan fingerprint density at radius 1 is 1.16 bits per heavy atom. The van der Waals surface area contributed by atoms with E-state index in [4.69, 9.17) is 0 Å². The highest BCUT2D eigenvalue weighted by Gasteiger charge is 2.05. The number of nitro groups is 1. The normalized spacial score (nSPS) is 9.89. The van der Waals surface area contributed by atoms with E-state index in [1.165, 1.54) is 12.1 Å². The zero-order valence-electron chi connectivity index (χ0n) is 11.8. The summed E-state index contributed by atoms with van der Waals surface area (Å²) in [5.41, 5.74) is 1.17. The van der Waals surface area contributed by atoms with Crippen LogP contribution in [-0.4, -0.2) is 55.4 Å². The van der Waals surface area contributed by atoms with Crippen LogP contribution in [0, 0.1) is 10.1 Å². The number of non-ortho nitro benzene ring substituents is 1. The Balaban J connectivity index is 2.61. The predicted molar refractivity (Wildman–Crippen MR) is 76.5 cm³/mol. The summed E-state index contributed by atoms with van der Waals surface area (Å²) in [6, 6.07) is 6.60. The molecular formula is C13H20N4O2. The summed E-state index contributed by atoms with van der Waals surface area (Å²) in [6.45, 7) is 0.656. The van der Waals surface area contributed by atoms with Gasteiger partial charge in [0, 0.05) is 46.9 Å². The van der Waals surface area contributed by atoms with Crippen LogP contribution in [0.5, 0.6) is 0 Å². The van der Waals surface area contributed by atoms with Crippen molar-refractivity contribution in [2.24, 2.45) is 4.99 Å². The van der Waals surface area contributed by atoms with Crippen molar-refractivity contribution in [3.8, 4) is 0 Å². The molecule has 0 saturated heterocycles. The number of hydrogen-bond acceptors (Lipinski definition) is 3. The van der Waals surface area contributed by atoms with Crippen molar-refractivity contribution in [1.29, 1.82) is 0 Å². The van der Waals surface area contributed by atoms with Gasteiger partial charge < -0.3 is 9.80 Å². The first-order valence-corrected chi connectivity index (χ1v) is 6.04. The van der Waals surface area contributed by atoms with Crippen LogP contribution in [-0.2, 0) is 6.42 Å². The Kier molecular flexibility index (Phi) is 5.29. The molecule has 0 aliphatic carbocycles. The van der Waals surface area contributed by atoms with E-state index in [2.05, 4.69) is 4.99 Å². The molecule has 1 aromatic carbocycles. The van der Waals surface area contributed by atoms with Gasteiger partial charge in [-0.05, 0) is 12.0 Å². The van der Waals surface area contributed by atoms with Gasteiger partial charge in [0.1, 0.15) is 0 Å². The molecule has 0 radical (unpaired) electrons. The van der Waals surface area contributed by atoms with Crippen molar-refractivity contribution >= 4 is 11.6 Å². The van der Waals surface area contributed by atoms with Crippen LogP contribution in [0.15, 0.2) is 29.3 Å². The molecule has 1 rings (SSSR count). The molecule has 6 nitrogen and oxygen atoms in total. The monoisotopic (exact) mass is 264 g/mol. The van der Waals surface area contributed by atoms with Gasteiger partial charge in [0.15, 0.2) is 5.96 Å². The van der Waals surface area contributed by atoms with Crippen LogP contribution < -0.4 is 0 Å². The number of nitro benzene ring substituents is 1. The molecule has 104 valence electrons. The van der Waals surface area contributed by atoms with Crippen LogP contribution >= 0.6 is 0 Å². The molecule has 0 N–H and O–H groups in total. The lowest BCUT2D eigenvalue weighted by molar-refractivity contribution is -0.384. The maximum Gasteiger partial charge on any atom is 0.269 e. The first-order valence-electron chi connectivity index (χ1n) is 6.04. The molecular weight excluding hydrogens is 244 g/mol. The third kappa shape index (κ3) is 4.57. The number of rotatable bonds is 4. The van der Waals surface area contributed by atoms with Crippen molar-refractivity contribution in [3.05, 3.63) is 39.9 Å². The topological polar surface area (TPSA) is 62.0 Å². The molecule has 0 saturated carbocycles. The van der Waals surface area contributed by atoms with E-state index in [0.717, 1.165) is 17.9 Å². The fourth-order valence-corrected chi connectivity index (χ4v) is 1.75. The van der Waals surface area contributed by atoms with E-state index >= 15 is 0 Å². The summed E-state index contributed by atoms with van der Waals surface area (Å²) in [5.74, 6) is 0.905. The lowest BCUT2D eigenvalue weighted by atomic mass is 10.1. The van der Waals surface area contributed by atoms with E-state index in [1.54, 1.807) is 12.1 Å². The molecule has 1 aromatic rings. The lowest BCUT2D eigenvalue weighted by Crippen LogP contribution is -2.35. The summed E-state index contributed by atoms with van der Waals surface area (Å²) < 4.78 is 0. The third-order valence-corrected chi connectivity index (χ3v) is 2.60. The molecule has 0 amide bonds. The number of hydrogen-bond donors (Lipinski definition) is 0. The number of guanidine groups is 1. The van der Waals surface area contributed by atoms with Crippen molar-refractivity contribution in [1.82, 2.24) is 9.80 Å². The van der Waals surface area contributed by atoms with Crippen molar-refractivity contribution < 1.29 is 4.92 Å². The van der Waals surface area contributed by atoms with E-state index in [-0.39, 0.29) is 5.69 Å². The average Bonchev–Trinajstić information content (AvgIpc) is 2.34. The highest BCUT2D eigenvalue weighted by molar-refractivity contribution is 5.79. The van der Waals surface area contributed by atoms with Crippen molar-refractivity contribution in [2.45, 2.75) is 6.42 Å². The summed E-state index contributed by atoms with van der Waals surface area (Å²) in [6.07, 6.45) is 0.767. The second-order valence-electron chi connectivity index (χ2n) is 4.64. The Morgan fingerprint density at radius 2 is 1.68 bits per heavy atom. The second-order valence-corrected chi connectivity index (χ2v) is 4.64. The Morgan fingerprint density at radius 3 is 2.11 bits per heavy atom. The van der Waals surface area contributed by atoms with Gasteiger partial charge in [-0.25, -0.2) is 0 Å². The van der Waals surface area contributed by atoms with E-state index in [9.17, 15) is 10.1 Å². The fourth-order valence-electron chi connectivity index (χ4n) is 1.75. The largest absolute Gasteiger partial charge is 0.349 e. The molecule has 0 fully saturated rings. The molecule has 0 atom stereocenters. The zero-order valence-corrected chi connectivity index (χ0v) is 11.8. The fraction of sp³-hybridized carbons (Fsp3) is 0.462. The summed E-state index contributed by atoms with van der Waals surface area (Å²) in [4.78, 5) is 18.6. The second kappa shape index (κ2) is 6.72. The highest BCUT2D eigenvalue weighted by Crippen LogP contribution is 2.12. The average molecular weight is 264 g/mol. The SMILES string of the molecule is CN(C)C(=NCCc1ccc([N+](=O)[O-])cc1)N(C)C. The predicted octanol–water partition coefficient (Wildman–Crippen LogP) is 1.62. The minimum absolute atomic E-state index is 0.120. The van der Waals surface area contributed by atoms with Gasteiger partial charge in [-0.2, -0.15) is 0 Å². The van der Waals surface area contributed by atoms with Gasteiger partial charge >= 0.3 is 0 Å². The Bertz CT molecular complexity index is 442. The van der Waals surface area contributed by atoms with Crippen molar-refractivity contribution in [2.75, 3.05) is 34.7 Å². The highest BCUT2D eigenvalue weighted by atomic mass is 16.6. The molecule has 0 aliphatic rings.